The van der Waals surface area contributed by atoms with E-state index in [1.54, 1.807) is 6.07 Å². The molecule has 0 spiro atoms. The second-order valence-electron chi connectivity index (χ2n) is 7.19. The number of carbonyl (C=O) groups excluding carboxylic acids is 1. The number of aryl methyl sites for hydroxylation is 1. The lowest BCUT2D eigenvalue weighted by atomic mass is 10.2. The number of para-hydroxylation sites is 2. The summed E-state index contributed by atoms with van der Waals surface area (Å²) in [6.45, 7) is 3.08. The number of sulfone groups is 1. The number of hydrogen-bond acceptors (Lipinski definition) is 5. The quantitative estimate of drug-likeness (QED) is 0.651. The molecule has 1 aromatic heterocycles. The molecule has 0 aliphatic carbocycles. The van der Waals surface area contributed by atoms with Crippen LogP contribution in [0.2, 0.25) is 0 Å². The van der Waals surface area contributed by atoms with Gasteiger partial charge >= 0.3 is 0 Å². The number of aromatic nitrogens is 2. The Balaban J connectivity index is 1.42. The maximum absolute atomic E-state index is 12.8. The maximum atomic E-state index is 12.8. The van der Waals surface area contributed by atoms with Gasteiger partial charge in [0.25, 0.3) is 5.91 Å². The molecule has 1 saturated heterocycles. The Hall–Kier alpha value is -2.32. The van der Waals surface area contributed by atoms with Crippen molar-refractivity contribution in [3.8, 4) is 0 Å². The highest BCUT2D eigenvalue weighted by Gasteiger charge is 2.29. The predicted octanol–water partition coefficient (Wildman–Crippen LogP) is 3.05. The molecular formula is C21H23N3O3S2. The number of nitrogens with zero attached hydrogens (tertiary/aromatic N) is 2. The average molecular weight is 430 g/mol. The molecule has 6 nitrogen and oxygen atoms in total. The fraction of sp³-hybridized carbons (Fsp3) is 0.333. The Morgan fingerprint density at radius 1 is 1.21 bits per heavy atom. The van der Waals surface area contributed by atoms with E-state index in [9.17, 15) is 13.2 Å². The van der Waals surface area contributed by atoms with E-state index in [2.05, 4.69) is 14.9 Å². The molecule has 3 aromatic rings. The molecule has 1 atom stereocenters. The normalized spacial score (nSPS) is 18.2. The summed E-state index contributed by atoms with van der Waals surface area (Å²) >= 11 is 1.49. The van der Waals surface area contributed by atoms with Gasteiger partial charge in [-0.05, 0) is 37.6 Å². The van der Waals surface area contributed by atoms with Gasteiger partial charge in [-0.3, -0.25) is 4.79 Å². The number of imidazole rings is 1. The van der Waals surface area contributed by atoms with Gasteiger partial charge in [0.05, 0.1) is 28.1 Å². The third kappa shape index (κ3) is 4.48. The molecule has 152 valence electrons. The standard InChI is InChI=1S/C21H23N3O3S2/c1-15-23-18-7-3-4-8-19(18)24(15)12-11-22-21(25)17-6-2-5-9-20(17)28-16-10-13-29(26,27)14-16/h2-9,16H,10-14H2,1H3,(H,22,25)/t16-/m0/s1. The van der Waals surface area contributed by atoms with Crippen molar-refractivity contribution < 1.29 is 13.2 Å². The predicted molar refractivity (Wildman–Crippen MR) is 116 cm³/mol. The van der Waals surface area contributed by atoms with Crippen LogP contribution in [0.1, 0.15) is 22.6 Å². The topological polar surface area (TPSA) is 81.1 Å². The SMILES string of the molecule is Cc1nc2ccccc2n1CCNC(=O)c1ccccc1S[C@H]1CCS(=O)(=O)C1. The molecule has 2 aromatic carbocycles. The number of thioether (sulfide) groups is 1. The summed E-state index contributed by atoms with van der Waals surface area (Å²) < 4.78 is 25.5. The van der Waals surface area contributed by atoms with Crippen molar-refractivity contribution in [3.63, 3.8) is 0 Å². The number of nitrogens with one attached hydrogen (secondary N) is 1. The molecule has 0 unspecified atom stereocenters. The Morgan fingerprint density at radius 2 is 1.97 bits per heavy atom. The Labute approximate surface area is 174 Å². The number of amides is 1. The van der Waals surface area contributed by atoms with Gasteiger partial charge in [0.15, 0.2) is 9.84 Å². The maximum Gasteiger partial charge on any atom is 0.252 e. The van der Waals surface area contributed by atoms with Crippen LogP contribution in [0.15, 0.2) is 53.4 Å². The Morgan fingerprint density at radius 3 is 2.76 bits per heavy atom. The van der Waals surface area contributed by atoms with Gasteiger partial charge in [0, 0.05) is 23.2 Å². The molecule has 0 bridgehead atoms. The van der Waals surface area contributed by atoms with Crippen molar-refractivity contribution >= 4 is 38.5 Å². The van der Waals surface area contributed by atoms with Gasteiger partial charge in [-0.15, -0.1) is 11.8 Å². The lowest BCUT2D eigenvalue weighted by Gasteiger charge is -2.13. The zero-order chi connectivity index (χ0) is 20.4. The first kappa shape index (κ1) is 20.0. The summed E-state index contributed by atoms with van der Waals surface area (Å²) in [5.74, 6) is 1.19. The van der Waals surface area contributed by atoms with E-state index in [1.165, 1.54) is 11.8 Å². The molecule has 1 amide bonds. The van der Waals surface area contributed by atoms with Crippen LogP contribution in [-0.4, -0.2) is 47.2 Å². The minimum atomic E-state index is -2.94. The third-order valence-corrected chi connectivity index (χ3v) is 8.41. The van der Waals surface area contributed by atoms with E-state index < -0.39 is 9.84 Å². The van der Waals surface area contributed by atoms with Gasteiger partial charge in [-0.2, -0.15) is 0 Å². The van der Waals surface area contributed by atoms with E-state index >= 15 is 0 Å². The number of rotatable bonds is 6. The number of fused-ring (bicyclic) bond motifs is 1. The monoisotopic (exact) mass is 429 g/mol. The molecule has 1 aliphatic rings. The van der Waals surface area contributed by atoms with Crippen molar-refractivity contribution in [1.29, 1.82) is 0 Å². The average Bonchev–Trinajstić information content (AvgIpc) is 3.20. The first-order chi connectivity index (χ1) is 13.9. The van der Waals surface area contributed by atoms with Crippen molar-refractivity contribution in [1.82, 2.24) is 14.9 Å². The molecule has 1 aliphatic heterocycles. The molecule has 1 N–H and O–H groups in total. The highest BCUT2D eigenvalue weighted by molar-refractivity contribution is 8.02. The van der Waals surface area contributed by atoms with Crippen molar-refractivity contribution in [3.05, 3.63) is 59.9 Å². The third-order valence-electron chi connectivity index (χ3n) is 5.08. The minimum Gasteiger partial charge on any atom is -0.350 e. The molecule has 2 heterocycles. The lowest BCUT2D eigenvalue weighted by molar-refractivity contribution is 0.0949. The van der Waals surface area contributed by atoms with Crippen LogP contribution in [0, 0.1) is 6.92 Å². The van der Waals surface area contributed by atoms with Gasteiger partial charge in [-0.1, -0.05) is 24.3 Å². The zero-order valence-electron chi connectivity index (χ0n) is 16.2. The van der Waals surface area contributed by atoms with Gasteiger partial charge in [-0.25, -0.2) is 13.4 Å². The summed E-state index contributed by atoms with van der Waals surface area (Å²) in [4.78, 5) is 18.2. The van der Waals surface area contributed by atoms with Gasteiger partial charge < -0.3 is 9.88 Å². The summed E-state index contributed by atoms with van der Waals surface area (Å²) in [5.41, 5.74) is 2.59. The summed E-state index contributed by atoms with van der Waals surface area (Å²) in [6.07, 6.45) is 0.635. The van der Waals surface area contributed by atoms with Gasteiger partial charge in [0.1, 0.15) is 5.82 Å². The summed E-state index contributed by atoms with van der Waals surface area (Å²) in [6, 6.07) is 15.3. The Kier molecular flexibility index (Phi) is 5.65. The highest BCUT2D eigenvalue weighted by atomic mass is 32.2. The van der Waals surface area contributed by atoms with E-state index in [4.69, 9.17) is 0 Å². The minimum absolute atomic E-state index is 0.00825. The van der Waals surface area contributed by atoms with Crippen molar-refractivity contribution in [2.75, 3.05) is 18.1 Å². The summed E-state index contributed by atoms with van der Waals surface area (Å²) in [7, 11) is -2.94. The molecule has 4 rings (SSSR count). The second kappa shape index (κ2) is 8.20. The molecule has 8 heteroatoms. The van der Waals surface area contributed by atoms with Crippen molar-refractivity contribution in [2.24, 2.45) is 0 Å². The smallest absolute Gasteiger partial charge is 0.252 e. The van der Waals surface area contributed by atoms with Crippen LogP contribution in [0.3, 0.4) is 0 Å². The molecular weight excluding hydrogens is 406 g/mol. The van der Waals surface area contributed by atoms with Crippen LogP contribution in [0.25, 0.3) is 11.0 Å². The van der Waals surface area contributed by atoms with Gasteiger partial charge in [0.2, 0.25) is 0 Å². The summed E-state index contributed by atoms with van der Waals surface area (Å²) in [5, 5.41) is 3.00. The number of benzene rings is 2. The van der Waals surface area contributed by atoms with Crippen LogP contribution in [0.4, 0.5) is 0 Å². The number of carbonyl (C=O) groups is 1. The van der Waals surface area contributed by atoms with E-state index in [-0.39, 0.29) is 22.7 Å². The van der Waals surface area contributed by atoms with Crippen LogP contribution < -0.4 is 5.32 Å². The van der Waals surface area contributed by atoms with Crippen molar-refractivity contribution in [2.45, 2.75) is 30.0 Å². The van der Waals surface area contributed by atoms with Crippen LogP contribution in [0.5, 0.6) is 0 Å². The van der Waals surface area contributed by atoms with Crippen LogP contribution >= 0.6 is 11.8 Å². The fourth-order valence-electron chi connectivity index (χ4n) is 3.65. The van der Waals surface area contributed by atoms with E-state index in [0.29, 0.717) is 25.1 Å². The van der Waals surface area contributed by atoms with E-state index in [1.807, 2.05) is 49.4 Å². The molecule has 0 radical (unpaired) electrons. The molecule has 0 saturated carbocycles. The lowest BCUT2D eigenvalue weighted by Crippen LogP contribution is -2.28. The largest absolute Gasteiger partial charge is 0.350 e. The second-order valence-corrected chi connectivity index (χ2v) is 10.8. The zero-order valence-corrected chi connectivity index (χ0v) is 17.8. The highest BCUT2D eigenvalue weighted by Crippen LogP contribution is 2.33. The number of hydrogen-bond donors (Lipinski definition) is 1. The molecule has 29 heavy (non-hydrogen) atoms. The van der Waals surface area contributed by atoms with E-state index in [0.717, 1.165) is 21.8 Å². The first-order valence-electron chi connectivity index (χ1n) is 9.59. The first-order valence-corrected chi connectivity index (χ1v) is 12.3. The van der Waals surface area contributed by atoms with Crippen LogP contribution in [-0.2, 0) is 16.4 Å². The molecule has 1 fully saturated rings. The Bertz CT molecular complexity index is 1150. The fourth-order valence-corrected chi connectivity index (χ4v) is 7.27.